The first kappa shape index (κ1) is 8.47. The van der Waals surface area contributed by atoms with Crippen LogP contribution < -0.4 is 5.32 Å². The van der Waals surface area contributed by atoms with E-state index < -0.39 is 0 Å². The molecular weight excluding hydrogens is 184 g/mol. The first-order valence-electron chi connectivity index (χ1n) is 4.01. The number of hydrogen-bond donors (Lipinski definition) is 1. The third-order valence-corrected chi connectivity index (χ3v) is 2.45. The van der Waals surface area contributed by atoms with Crippen LogP contribution in [0.3, 0.4) is 0 Å². The quantitative estimate of drug-likeness (QED) is 0.813. The van der Waals surface area contributed by atoms with Crippen molar-refractivity contribution in [1.29, 1.82) is 0 Å². The fraction of sp³-hybridized carbons (Fsp3) is 0.222. The summed E-state index contributed by atoms with van der Waals surface area (Å²) in [7, 11) is 1.89. The Hall–Kier alpha value is -1.13. The van der Waals surface area contributed by atoms with Gasteiger partial charge in [-0.25, -0.2) is 4.98 Å². The SMILES string of the molecule is CNCc1ncoc1-c1ccsc1. The molecule has 13 heavy (non-hydrogen) atoms. The van der Waals surface area contributed by atoms with Crippen molar-refractivity contribution in [3.05, 3.63) is 28.9 Å². The molecule has 2 aromatic heterocycles. The van der Waals surface area contributed by atoms with Gasteiger partial charge in [-0.3, -0.25) is 0 Å². The lowest BCUT2D eigenvalue weighted by Crippen LogP contribution is -2.06. The summed E-state index contributed by atoms with van der Waals surface area (Å²) in [6.45, 7) is 0.738. The highest BCUT2D eigenvalue weighted by Gasteiger charge is 2.09. The zero-order chi connectivity index (χ0) is 9.10. The minimum atomic E-state index is 0.738. The minimum absolute atomic E-state index is 0.738. The fourth-order valence-corrected chi connectivity index (χ4v) is 1.83. The summed E-state index contributed by atoms with van der Waals surface area (Å²) in [5, 5.41) is 7.14. The van der Waals surface area contributed by atoms with Crippen LogP contribution in [0.1, 0.15) is 5.69 Å². The van der Waals surface area contributed by atoms with Gasteiger partial charge in [-0.05, 0) is 18.5 Å². The van der Waals surface area contributed by atoms with Crippen molar-refractivity contribution in [2.24, 2.45) is 0 Å². The topological polar surface area (TPSA) is 38.1 Å². The molecule has 0 atom stereocenters. The molecule has 0 aliphatic heterocycles. The number of nitrogens with zero attached hydrogens (tertiary/aromatic N) is 1. The third kappa shape index (κ3) is 1.64. The van der Waals surface area contributed by atoms with Crippen LogP contribution in [0.2, 0.25) is 0 Å². The van der Waals surface area contributed by atoms with Crippen LogP contribution in [0.5, 0.6) is 0 Å². The summed E-state index contributed by atoms with van der Waals surface area (Å²) in [6, 6.07) is 2.03. The van der Waals surface area contributed by atoms with Gasteiger partial charge >= 0.3 is 0 Å². The maximum absolute atomic E-state index is 5.32. The first-order chi connectivity index (χ1) is 6.42. The van der Waals surface area contributed by atoms with E-state index in [9.17, 15) is 0 Å². The van der Waals surface area contributed by atoms with E-state index >= 15 is 0 Å². The van der Waals surface area contributed by atoms with Crippen molar-refractivity contribution in [1.82, 2.24) is 10.3 Å². The number of thiophene rings is 1. The van der Waals surface area contributed by atoms with Gasteiger partial charge in [-0.2, -0.15) is 11.3 Å². The Morgan fingerprint density at radius 3 is 3.23 bits per heavy atom. The van der Waals surface area contributed by atoms with Gasteiger partial charge in [0.1, 0.15) is 5.69 Å². The Balaban J connectivity index is 2.35. The molecule has 68 valence electrons. The van der Waals surface area contributed by atoms with Crippen molar-refractivity contribution < 1.29 is 4.42 Å². The van der Waals surface area contributed by atoms with Gasteiger partial charge in [0.2, 0.25) is 0 Å². The molecule has 0 bridgehead atoms. The van der Waals surface area contributed by atoms with E-state index in [1.807, 2.05) is 18.5 Å². The van der Waals surface area contributed by atoms with Crippen LogP contribution in [-0.2, 0) is 6.54 Å². The fourth-order valence-electron chi connectivity index (χ4n) is 1.19. The molecule has 1 N–H and O–H groups in total. The molecular formula is C9H10N2OS. The number of oxazole rings is 1. The summed E-state index contributed by atoms with van der Waals surface area (Å²) < 4.78 is 5.32. The second kappa shape index (κ2) is 3.72. The molecule has 2 heterocycles. The van der Waals surface area contributed by atoms with Gasteiger partial charge in [-0.1, -0.05) is 0 Å². The average Bonchev–Trinajstić information content (AvgIpc) is 2.71. The molecule has 2 aromatic rings. The maximum Gasteiger partial charge on any atom is 0.181 e. The maximum atomic E-state index is 5.32. The normalized spacial score (nSPS) is 10.5. The first-order valence-corrected chi connectivity index (χ1v) is 4.95. The van der Waals surface area contributed by atoms with Gasteiger partial charge in [0.25, 0.3) is 0 Å². The molecule has 3 nitrogen and oxygen atoms in total. The van der Waals surface area contributed by atoms with E-state index in [0.717, 1.165) is 23.6 Å². The van der Waals surface area contributed by atoms with Gasteiger partial charge in [0.15, 0.2) is 12.2 Å². The van der Waals surface area contributed by atoms with Crippen LogP contribution in [0, 0.1) is 0 Å². The third-order valence-electron chi connectivity index (χ3n) is 1.77. The van der Waals surface area contributed by atoms with Crippen molar-refractivity contribution in [2.45, 2.75) is 6.54 Å². The highest BCUT2D eigenvalue weighted by atomic mass is 32.1. The van der Waals surface area contributed by atoms with E-state index in [4.69, 9.17) is 4.42 Å². The van der Waals surface area contributed by atoms with Crippen LogP contribution in [-0.4, -0.2) is 12.0 Å². The number of nitrogens with one attached hydrogen (secondary N) is 1. The second-order valence-electron chi connectivity index (χ2n) is 2.67. The van der Waals surface area contributed by atoms with Crippen molar-refractivity contribution in [3.8, 4) is 11.3 Å². The predicted molar refractivity (Wildman–Crippen MR) is 52.6 cm³/mol. The lowest BCUT2D eigenvalue weighted by atomic mass is 10.2. The van der Waals surface area contributed by atoms with Gasteiger partial charge < -0.3 is 9.73 Å². The molecule has 0 fully saturated rings. The van der Waals surface area contributed by atoms with Crippen molar-refractivity contribution in [3.63, 3.8) is 0 Å². The Labute approximate surface area is 80.4 Å². The molecule has 0 saturated carbocycles. The molecule has 0 radical (unpaired) electrons. The lowest BCUT2D eigenvalue weighted by Gasteiger charge is -1.96. The van der Waals surface area contributed by atoms with Crippen LogP contribution in [0.15, 0.2) is 27.6 Å². The van der Waals surface area contributed by atoms with E-state index in [-0.39, 0.29) is 0 Å². The molecule has 4 heteroatoms. The van der Waals surface area contributed by atoms with Crippen LogP contribution in [0.4, 0.5) is 0 Å². The van der Waals surface area contributed by atoms with Crippen LogP contribution >= 0.6 is 11.3 Å². The summed E-state index contributed by atoms with van der Waals surface area (Å²) in [5.74, 6) is 0.871. The lowest BCUT2D eigenvalue weighted by molar-refractivity contribution is 0.570. The summed E-state index contributed by atoms with van der Waals surface area (Å²) in [5.41, 5.74) is 2.06. The van der Waals surface area contributed by atoms with E-state index in [0.29, 0.717) is 0 Å². The van der Waals surface area contributed by atoms with Crippen molar-refractivity contribution >= 4 is 11.3 Å². The molecule has 0 unspecified atom stereocenters. The summed E-state index contributed by atoms with van der Waals surface area (Å²) >= 11 is 1.66. The van der Waals surface area contributed by atoms with Crippen molar-refractivity contribution in [2.75, 3.05) is 7.05 Å². The Morgan fingerprint density at radius 2 is 2.54 bits per heavy atom. The molecule has 0 aliphatic rings. The molecule has 0 amide bonds. The Kier molecular flexibility index (Phi) is 2.42. The zero-order valence-electron chi connectivity index (χ0n) is 7.28. The Morgan fingerprint density at radius 1 is 1.62 bits per heavy atom. The molecule has 2 rings (SSSR count). The highest BCUT2D eigenvalue weighted by Crippen LogP contribution is 2.24. The predicted octanol–water partition coefficient (Wildman–Crippen LogP) is 2.12. The minimum Gasteiger partial charge on any atom is -0.443 e. The number of rotatable bonds is 3. The zero-order valence-corrected chi connectivity index (χ0v) is 8.10. The molecule has 0 saturated heterocycles. The number of hydrogen-bond acceptors (Lipinski definition) is 4. The van der Waals surface area contributed by atoms with E-state index in [1.165, 1.54) is 6.39 Å². The van der Waals surface area contributed by atoms with E-state index in [2.05, 4.69) is 15.7 Å². The molecule has 0 aliphatic carbocycles. The van der Waals surface area contributed by atoms with Gasteiger partial charge in [-0.15, -0.1) is 0 Å². The Bertz CT molecular complexity index is 367. The summed E-state index contributed by atoms with van der Waals surface area (Å²) in [4.78, 5) is 4.14. The molecule has 0 spiro atoms. The molecule has 0 aromatic carbocycles. The van der Waals surface area contributed by atoms with E-state index in [1.54, 1.807) is 11.3 Å². The average molecular weight is 194 g/mol. The van der Waals surface area contributed by atoms with Gasteiger partial charge in [0.05, 0.1) is 0 Å². The highest BCUT2D eigenvalue weighted by molar-refractivity contribution is 7.08. The van der Waals surface area contributed by atoms with Crippen LogP contribution in [0.25, 0.3) is 11.3 Å². The monoisotopic (exact) mass is 194 g/mol. The van der Waals surface area contributed by atoms with Gasteiger partial charge in [0, 0.05) is 17.5 Å². The second-order valence-corrected chi connectivity index (χ2v) is 3.45. The largest absolute Gasteiger partial charge is 0.443 e. The summed E-state index contributed by atoms with van der Waals surface area (Å²) in [6.07, 6.45) is 1.49. The number of aromatic nitrogens is 1. The standard InChI is InChI=1S/C9H10N2OS/c1-10-4-8-9(12-6-11-8)7-2-3-13-5-7/h2-3,5-6,10H,4H2,1H3. The smallest absolute Gasteiger partial charge is 0.181 e.